The normalized spacial score (nSPS) is 12.2. The molecule has 0 aliphatic heterocycles. The van der Waals surface area contributed by atoms with Crippen molar-refractivity contribution in [2.24, 2.45) is 0 Å². The number of rotatable bonds is 4. The molecule has 0 radical (unpaired) electrons. The van der Waals surface area contributed by atoms with Gasteiger partial charge in [0.05, 0.1) is 5.70 Å². The summed E-state index contributed by atoms with van der Waals surface area (Å²) in [7, 11) is 0.633. The van der Waals surface area contributed by atoms with Gasteiger partial charge in [-0.25, -0.2) is 8.60 Å². The lowest BCUT2D eigenvalue weighted by atomic mass is 10.2. The predicted octanol–water partition coefficient (Wildman–Crippen LogP) is 3.82. The quantitative estimate of drug-likeness (QED) is 0.827. The van der Waals surface area contributed by atoms with E-state index in [1.807, 2.05) is 39.8 Å². The summed E-state index contributed by atoms with van der Waals surface area (Å²) >= 11 is 0. The molecule has 5 heteroatoms. The van der Waals surface area contributed by atoms with E-state index in [0.717, 1.165) is 22.1 Å². The molecule has 25 heavy (non-hydrogen) atoms. The highest BCUT2D eigenvalue weighted by molar-refractivity contribution is 7.82. The van der Waals surface area contributed by atoms with Gasteiger partial charge in [-0.2, -0.15) is 0 Å². The molecular formula is C20H26FNO2S. The molecule has 2 aromatic rings. The van der Waals surface area contributed by atoms with E-state index in [2.05, 4.69) is 6.58 Å². The van der Waals surface area contributed by atoms with Crippen LogP contribution in [0.1, 0.15) is 27.7 Å². The molecule has 1 heterocycles. The summed E-state index contributed by atoms with van der Waals surface area (Å²) in [5.74, 6) is 0.329. The minimum Gasteiger partial charge on any atom is -0.456 e. The van der Waals surface area contributed by atoms with E-state index < -0.39 is 11.0 Å². The highest BCUT2D eigenvalue weighted by Gasteiger charge is 2.09. The zero-order valence-corrected chi connectivity index (χ0v) is 16.5. The summed E-state index contributed by atoms with van der Waals surface area (Å²) in [6, 6.07) is 7.91. The molecule has 3 nitrogen and oxygen atoms in total. The lowest BCUT2D eigenvalue weighted by Gasteiger charge is -2.17. The van der Waals surface area contributed by atoms with Crippen LogP contribution < -0.4 is 10.6 Å². The summed E-state index contributed by atoms with van der Waals surface area (Å²) in [6.45, 7) is 11.9. The van der Waals surface area contributed by atoms with Gasteiger partial charge in [0.2, 0.25) is 0 Å². The maximum Gasteiger partial charge on any atom is 0.136 e. The minimum atomic E-state index is -1.13. The molecule has 0 bridgehead atoms. The lowest BCUT2D eigenvalue weighted by molar-refractivity contribution is 0.542. The van der Waals surface area contributed by atoms with Crippen LogP contribution >= 0.6 is 0 Å². The van der Waals surface area contributed by atoms with Crippen molar-refractivity contribution in [3.8, 4) is 11.3 Å². The summed E-state index contributed by atoms with van der Waals surface area (Å²) in [6.07, 6.45) is 3.44. The Balaban J connectivity index is 0.00000151. The molecule has 1 unspecified atom stereocenters. The van der Waals surface area contributed by atoms with Gasteiger partial charge in [-0.05, 0) is 44.2 Å². The topological polar surface area (TPSA) is 33.5 Å². The SMILES string of the molecule is C=c1cc(-c2ccc(F)cc2)o/c1=C/C(=C(C)C)N(C)S(C)=O.CC. The Kier molecular flexibility index (Phi) is 7.84. The Bertz CT molecular complexity index is 862. The number of furan rings is 1. The molecule has 0 spiro atoms. The molecule has 1 aromatic carbocycles. The van der Waals surface area contributed by atoms with E-state index in [4.69, 9.17) is 4.42 Å². The first-order valence-electron chi connectivity index (χ1n) is 8.11. The van der Waals surface area contributed by atoms with Gasteiger partial charge in [-0.1, -0.05) is 26.0 Å². The van der Waals surface area contributed by atoms with E-state index in [9.17, 15) is 8.60 Å². The van der Waals surface area contributed by atoms with Crippen LogP contribution in [-0.2, 0) is 11.0 Å². The molecule has 0 amide bonds. The van der Waals surface area contributed by atoms with Crippen LogP contribution in [0.5, 0.6) is 0 Å². The van der Waals surface area contributed by atoms with Gasteiger partial charge in [0.25, 0.3) is 0 Å². The fraction of sp³-hybridized carbons (Fsp3) is 0.300. The zero-order chi connectivity index (χ0) is 19.1. The number of hydrogen-bond donors (Lipinski definition) is 0. The fourth-order valence-corrected chi connectivity index (χ4v) is 2.65. The third kappa shape index (κ3) is 5.43. The van der Waals surface area contributed by atoms with Crippen LogP contribution in [0.15, 0.2) is 46.0 Å². The molecule has 0 saturated carbocycles. The third-order valence-electron chi connectivity index (χ3n) is 3.48. The number of benzene rings is 1. The second-order valence-corrected chi connectivity index (χ2v) is 6.85. The molecule has 136 valence electrons. The smallest absolute Gasteiger partial charge is 0.136 e. The standard InChI is InChI=1S/C18H20FNO2S.C2H6/c1-12(2)16(20(4)23(5)21)11-17-13(3)10-18(22-17)14-6-8-15(19)9-7-14;1-2/h6-11H,3H2,1-2,4-5H3;1-2H3/b17-11+;. The summed E-state index contributed by atoms with van der Waals surface area (Å²) in [5, 5.41) is 0.721. The van der Waals surface area contributed by atoms with E-state index in [0.29, 0.717) is 11.2 Å². The molecule has 0 saturated heterocycles. The maximum atomic E-state index is 13.0. The highest BCUT2D eigenvalue weighted by atomic mass is 32.2. The van der Waals surface area contributed by atoms with Crippen molar-refractivity contribution >= 4 is 23.6 Å². The second kappa shape index (κ2) is 9.37. The van der Waals surface area contributed by atoms with E-state index >= 15 is 0 Å². The molecule has 2 rings (SSSR count). The Morgan fingerprint density at radius 2 is 1.80 bits per heavy atom. The van der Waals surface area contributed by atoms with E-state index in [-0.39, 0.29) is 5.82 Å². The van der Waals surface area contributed by atoms with Crippen molar-refractivity contribution < 1.29 is 13.0 Å². The summed E-state index contributed by atoms with van der Waals surface area (Å²) in [5.41, 5.74) is 3.21. The number of nitrogens with zero attached hydrogens (tertiary/aromatic N) is 1. The molecule has 1 atom stereocenters. The highest BCUT2D eigenvalue weighted by Crippen LogP contribution is 2.17. The zero-order valence-electron chi connectivity index (χ0n) is 15.7. The minimum absolute atomic E-state index is 0.291. The van der Waals surface area contributed by atoms with Gasteiger partial charge < -0.3 is 4.42 Å². The summed E-state index contributed by atoms with van der Waals surface area (Å²) in [4.78, 5) is 0. The van der Waals surface area contributed by atoms with Crippen LogP contribution in [0.2, 0.25) is 0 Å². The molecule has 0 fully saturated rings. The first-order valence-corrected chi connectivity index (χ1v) is 9.62. The Morgan fingerprint density at radius 1 is 1.24 bits per heavy atom. The third-order valence-corrected chi connectivity index (χ3v) is 4.44. The lowest BCUT2D eigenvalue weighted by Crippen LogP contribution is -2.24. The second-order valence-electron chi connectivity index (χ2n) is 5.46. The van der Waals surface area contributed by atoms with Gasteiger partial charge in [-0.15, -0.1) is 0 Å². The van der Waals surface area contributed by atoms with Gasteiger partial charge >= 0.3 is 0 Å². The average molecular weight is 363 g/mol. The van der Waals surface area contributed by atoms with E-state index in [1.165, 1.54) is 12.1 Å². The van der Waals surface area contributed by atoms with Crippen LogP contribution in [0.25, 0.3) is 24.0 Å². The van der Waals surface area contributed by atoms with Gasteiger partial charge in [-0.3, -0.25) is 4.31 Å². The first-order chi connectivity index (χ1) is 11.8. The number of halogens is 1. The van der Waals surface area contributed by atoms with Gasteiger partial charge in [0, 0.05) is 30.2 Å². The van der Waals surface area contributed by atoms with Crippen LogP contribution in [0, 0.1) is 5.82 Å². The average Bonchev–Trinajstić information content (AvgIpc) is 2.95. The molecular weight excluding hydrogens is 337 g/mol. The van der Waals surface area contributed by atoms with Crippen LogP contribution in [-0.4, -0.2) is 21.8 Å². The van der Waals surface area contributed by atoms with Crippen molar-refractivity contribution in [2.75, 3.05) is 13.3 Å². The van der Waals surface area contributed by atoms with Crippen molar-refractivity contribution in [1.29, 1.82) is 0 Å². The molecule has 0 aliphatic rings. The molecule has 0 aliphatic carbocycles. The Labute approximate surface area is 151 Å². The molecule has 0 N–H and O–H groups in total. The van der Waals surface area contributed by atoms with Crippen molar-refractivity contribution in [2.45, 2.75) is 27.7 Å². The Hall–Kier alpha value is -2.14. The summed E-state index contributed by atoms with van der Waals surface area (Å²) < 4.78 is 32.3. The van der Waals surface area contributed by atoms with Gasteiger partial charge in [0.15, 0.2) is 0 Å². The van der Waals surface area contributed by atoms with Crippen molar-refractivity contribution in [3.63, 3.8) is 0 Å². The van der Waals surface area contributed by atoms with Crippen LogP contribution in [0.3, 0.4) is 0 Å². The fourth-order valence-electron chi connectivity index (χ4n) is 2.13. The maximum absolute atomic E-state index is 13.0. The largest absolute Gasteiger partial charge is 0.456 e. The van der Waals surface area contributed by atoms with E-state index in [1.54, 1.807) is 29.7 Å². The molecule has 1 aromatic heterocycles. The van der Waals surface area contributed by atoms with Gasteiger partial charge in [0.1, 0.15) is 28.0 Å². The monoisotopic (exact) mass is 363 g/mol. The first kappa shape index (κ1) is 20.9. The number of hydrogen-bond acceptors (Lipinski definition) is 2. The van der Waals surface area contributed by atoms with Crippen molar-refractivity contribution in [3.05, 3.63) is 58.1 Å². The Morgan fingerprint density at radius 3 is 2.28 bits per heavy atom. The van der Waals surface area contributed by atoms with Crippen LogP contribution in [0.4, 0.5) is 4.39 Å². The van der Waals surface area contributed by atoms with Crippen molar-refractivity contribution in [1.82, 2.24) is 4.31 Å². The number of allylic oxidation sites excluding steroid dienone is 2. The predicted molar refractivity (Wildman–Crippen MR) is 105 cm³/mol.